The molecule has 7 nitrogen and oxygen atoms in total. The van der Waals surface area contributed by atoms with E-state index in [0.29, 0.717) is 11.1 Å². The fourth-order valence-electron chi connectivity index (χ4n) is 2.51. The van der Waals surface area contributed by atoms with Crippen LogP contribution in [0, 0.1) is 13.8 Å². The second-order valence-electron chi connectivity index (χ2n) is 6.31. The van der Waals surface area contributed by atoms with Crippen LogP contribution in [0.25, 0.3) is 0 Å². The van der Waals surface area contributed by atoms with Crippen LogP contribution in [0.5, 0.6) is 0 Å². The van der Waals surface area contributed by atoms with Crippen LogP contribution in [0.4, 0.5) is 0 Å². The number of hydrogen-bond donors (Lipinski definition) is 1. The Morgan fingerprint density at radius 2 is 1.64 bits per heavy atom. The van der Waals surface area contributed by atoms with E-state index in [1.807, 2.05) is 13.0 Å². The van der Waals surface area contributed by atoms with E-state index in [-0.39, 0.29) is 16.5 Å². The van der Waals surface area contributed by atoms with E-state index in [1.54, 1.807) is 19.1 Å². The molecule has 1 N–H and O–H groups in total. The Hall–Kier alpha value is -2.84. The van der Waals surface area contributed by atoms with Crippen molar-refractivity contribution in [1.29, 1.82) is 0 Å². The van der Waals surface area contributed by atoms with Gasteiger partial charge in [-0.1, -0.05) is 35.9 Å². The van der Waals surface area contributed by atoms with Crippen LogP contribution in [-0.4, -0.2) is 39.1 Å². The maximum absolute atomic E-state index is 12.2. The van der Waals surface area contributed by atoms with Gasteiger partial charge in [0, 0.05) is 11.1 Å². The number of aryl methyl sites for hydroxylation is 2. The minimum atomic E-state index is -3.95. The van der Waals surface area contributed by atoms with Gasteiger partial charge in [0.15, 0.2) is 12.4 Å². The van der Waals surface area contributed by atoms with E-state index < -0.39 is 29.1 Å². The van der Waals surface area contributed by atoms with Crippen molar-refractivity contribution in [1.82, 2.24) is 4.72 Å². The average molecular weight is 403 g/mol. The van der Waals surface area contributed by atoms with Gasteiger partial charge < -0.3 is 4.74 Å². The molecule has 28 heavy (non-hydrogen) atoms. The van der Waals surface area contributed by atoms with E-state index in [4.69, 9.17) is 4.74 Å². The van der Waals surface area contributed by atoms with Crippen molar-refractivity contribution in [2.24, 2.45) is 0 Å². The van der Waals surface area contributed by atoms with Crippen LogP contribution < -0.4 is 4.72 Å². The lowest BCUT2D eigenvalue weighted by molar-refractivity contribution is -0.141. The Kier molecular flexibility index (Phi) is 6.82. The number of ketones is 2. The highest BCUT2D eigenvalue weighted by atomic mass is 32.2. The third-order valence-electron chi connectivity index (χ3n) is 4.02. The van der Waals surface area contributed by atoms with Crippen molar-refractivity contribution in [2.75, 3.05) is 13.2 Å². The highest BCUT2D eigenvalue weighted by Gasteiger charge is 2.18. The summed E-state index contributed by atoms with van der Waals surface area (Å²) in [4.78, 5) is 35.1. The second-order valence-corrected chi connectivity index (χ2v) is 8.07. The van der Waals surface area contributed by atoms with E-state index in [0.717, 1.165) is 11.1 Å². The lowest BCUT2D eigenvalue weighted by Gasteiger charge is -2.09. The predicted octanol–water partition coefficient (Wildman–Crippen LogP) is 2.21. The summed E-state index contributed by atoms with van der Waals surface area (Å²) in [5.74, 6) is -1.43. The molecule has 0 unspecified atom stereocenters. The summed E-state index contributed by atoms with van der Waals surface area (Å²) in [5.41, 5.74) is 2.61. The number of sulfonamides is 1. The molecule has 148 valence electrons. The molecule has 0 amide bonds. The van der Waals surface area contributed by atoms with Crippen LogP contribution in [0.3, 0.4) is 0 Å². The van der Waals surface area contributed by atoms with Crippen molar-refractivity contribution in [3.63, 3.8) is 0 Å². The molecule has 0 bridgehead atoms. The third kappa shape index (κ3) is 5.58. The van der Waals surface area contributed by atoms with E-state index >= 15 is 0 Å². The molecule has 0 atom stereocenters. The van der Waals surface area contributed by atoms with Gasteiger partial charge in [-0.15, -0.1) is 0 Å². The largest absolute Gasteiger partial charge is 0.456 e. The van der Waals surface area contributed by atoms with Gasteiger partial charge in [-0.05, 0) is 38.5 Å². The molecule has 0 heterocycles. The molecule has 2 aromatic carbocycles. The molecule has 2 aromatic rings. The molecule has 0 aromatic heterocycles. The maximum Gasteiger partial charge on any atom is 0.321 e. The average Bonchev–Trinajstić information content (AvgIpc) is 2.64. The molecule has 0 fully saturated rings. The first kappa shape index (κ1) is 21.5. The van der Waals surface area contributed by atoms with Crippen molar-refractivity contribution >= 4 is 27.6 Å². The molecule has 0 spiro atoms. The minimum absolute atomic E-state index is 0.0864. The van der Waals surface area contributed by atoms with Gasteiger partial charge in [0.25, 0.3) is 0 Å². The number of hydrogen-bond acceptors (Lipinski definition) is 6. The van der Waals surface area contributed by atoms with Crippen LogP contribution in [-0.2, 0) is 19.6 Å². The topological polar surface area (TPSA) is 107 Å². The Morgan fingerprint density at radius 3 is 2.21 bits per heavy atom. The summed E-state index contributed by atoms with van der Waals surface area (Å²) in [6.07, 6.45) is 0. The quantitative estimate of drug-likeness (QED) is 0.535. The molecular formula is C20H21NO6S. The maximum atomic E-state index is 12.2. The van der Waals surface area contributed by atoms with Crippen molar-refractivity contribution in [3.8, 4) is 0 Å². The molecule has 8 heteroatoms. The molecule has 0 aliphatic rings. The van der Waals surface area contributed by atoms with Gasteiger partial charge in [0.2, 0.25) is 15.8 Å². The molecule has 2 rings (SSSR count). The summed E-state index contributed by atoms with van der Waals surface area (Å²) in [7, 11) is -3.95. The van der Waals surface area contributed by atoms with E-state index in [1.165, 1.54) is 31.2 Å². The first-order valence-electron chi connectivity index (χ1n) is 8.47. The van der Waals surface area contributed by atoms with Crippen molar-refractivity contribution in [3.05, 3.63) is 64.7 Å². The lowest BCUT2D eigenvalue weighted by atomic mass is 10.0. The molecule has 0 saturated carbocycles. The van der Waals surface area contributed by atoms with Crippen molar-refractivity contribution in [2.45, 2.75) is 25.7 Å². The first-order valence-corrected chi connectivity index (χ1v) is 9.95. The monoisotopic (exact) mass is 403 g/mol. The molecule has 0 aliphatic carbocycles. The van der Waals surface area contributed by atoms with Gasteiger partial charge in [0.05, 0.1) is 4.90 Å². The zero-order valence-electron chi connectivity index (χ0n) is 15.8. The minimum Gasteiger partial charge on any atom is -0.456 e. The smallest absolute Gasteiger partial charge is 0.321 e. The Balaban J connectivity index is 1.90. The van der Waals surface area contributed by atoms with Gasteiger partial charge >= 0.3 is 5.97 Å². The zero-order valence-corrected chi connectivity index (χ0v) is 16.6. The summed E-state index contributed by atoms with van der Waals surface area (Å²) in [6.45, 7) is 3.97. The second kappa shape index (κ2) is 8.90. The number of rotatable bonds is 8. The van der Waals surface area contributed by atoms with Crippen molar-refractivity contribution < 1.29 is 27.5 Å². The van der Waals surface area contributed by atoms with Gasteiger partial charge in [0.1, 0.15) is 6.54 Å². The van der Waals surface area contributed by atoms with Crippen LogP contribution in [0.15, 0.2) is 47.4 Å². The number of ether oxygens (including phenoxy) is 1. The predicted molar refractivity (Wildman–Crippen MR) is 103 cm³/mol. The number of carbonyl (C=O) groups is 3. The lowest BCUT2D eigenvalue weighted by Crippen LogP contribution is -2.31. The fraction of sp³-hybridized carbons (Fsp3) is 0.250. The van der Waals surface area contributed by atoms with Crippen LogP contribution >= 0.6 is 0 Å². The van der Waals surface area contributed by atoms with Crippen LogP contribution in [0.1, 0.15) is 38.8 Å². The Bertz CT molecular complexity index is 1010. The van der Waals surface area contributed by atoms with E-state index in [2.05, 4.69) is 4.72 Å². The highest BCUT2D eigenvalue weighted by molar-refractivity contribution is 7.89. The number of esters is 1. The Labute approximate surface area is 163 Å². The molecule has 0 radical (unpaired) electrons. The summed E-state index contributed by atoms with van der Waals surface area (Å²) < 4.78 is 31.3. The molecular weight excluding hydrogens is 382 g/mol. The number of benzene rings is 2. The normalized spacial score (nSPS) is 11.1. The summed E-state index contributed by atoms with van der Waals surface area (Å²) in [6, 6.07) is 10.6. The number of Topliss-reactive ketones (excluding diaryl/α,β-unsaturated/α-hetero) is 2. The van der Waals surface area contributed by atoms with Crippen LogP contribution in [0.2, 0.25) is 0 Å². The summed E-state index contributed by atoms with van der Waals surface area (Å²) in [5, 5.41) is 0. The van der Waals surface area contributed by atoms with Gasteiger partial charge in [-0.25, -0.2) is 8.42 Å². The molecule has 0 aliphatic heterocycles. The van der Waals surface area contributed by atoms with Gasteiger partial charge in [-0.2, -0.15) is 4.72 Å². The standard InChI is InChI=1S/C20H21NO6S/c1-13-4-9-18(14(2)10-13)19(23)12-27-20(24)11-21-28(25,26)17-7-5-16(6-8-17)15(3)22/h4-10,21H,11-12H2,1-3H3. The van der Waals surface area contributed by atoms with E-state index in [9.17, 15) is 22.8 Å². The van der Waals surface area contributed by atoms with Gasteiger partial charge in [-0.3, -0.25) is 14.4 Å². The third-order valence-corrected chi connectivity index (χ3v) is 5.44. The summed E-state index contributed by atoms with van der Waals surface area (Å²) >= 11 is 0. The Morgan fingerprint density at radius 1 is 1.00 bits per heavy atom. The first-order chi connectivity index (χ1) is 13.1. The number of carbonyl (C=O) groups excluding carboxylic acids is 3. The SMILES string of the molecule is CC(=O)c1ccc(S(=O)(=O)NCC(=O)OCC(=O)c2ccc(C)cc2C)cc1. The fourth-order valence-corrected chi connectivity index (χ4v) is 3.48. The number of nitrogens with one attached hydrogen (secondary N) is 1. The highest BCUT2D eigenvalue weighted by Crippen LogP contribution is 2.12. The molecule has 0 saturated heterocycles. The zero-order chi connectivity index (χ0) is 20.9.